The van der Waals surface area contributed by atoms with E-state index in [9.17, 15) is 31.1 Å². The van der Waals surface area contributed by atoms with Crippen LogP contribution in [0.3, 0.4) is 0 Å². The van der Waals surface area contributed by atoms with Crippen molar-refractivity contribution in [1.82, 2.24) is 15.5 Å². The van der Waals surface area contributed by atoms with Gasteiger partial charge in [-0.25, -0.2) is 4.79 Å². The molecule has 0 aliphatic carbocycles. The van der Waals surface area contributed by atoms with Gasteiger partial charge in [0.15, 0.2) is 0 Å². The van der Waals surface area contributed by atoms with E-state index in [-0.39, 0.29) is 30.3 Å². The third-order valence-electron chi connectivity index (χ3n) is 6.58. The van der Waals surface area contributed by atoms with Crippen molar-refractivity contribution in [3.63, 3.8) is 0 Å². The van der Waals surface area contributed by atoms with Gasteiger partial charge in [-0.15, -0.1) is 0 Å². The number of amides is 2. The molecule has 0 saturated carbocycles. The zero-order valence-corrected chi connectivity index (χ0v) is 18.8. The zero-order chi connectivity index (χ0) is 25.4. The van der Waals surface area contributed by atoms with Crippen LogP contribution in [0.1, 0.15) is 41.7 Å². The van der Waals surface area contributed by atoms with Gasteiger partial charge >= 0.3 is 18.4 Å². The van der Waals surface area contributed by atoms with E-state index in [0.29, 0.717) is 38.2 Å². The van der Waals surface area contributed by atoms with E-state index < -0.39 is 35.1 Å². The summed E-state index contributed by atoms with van der Waals surface area (Å²) in [5.74, 6) is 0. The van der Waals surface area contributed by atoms with Crippen LogP contribution in [-0.4, -0.2) is 43.2 Å². The van der Waals surface area contributed by atoms with Crippen LogP contribution >= 0.6 is 0 Å². The predicted octanol–water partition coefficient (Wildman–Crippen LogP) is 5.08. The summed E-state index contributed by atoms with van der Waals surface area (Å²) in [5, 5.41) is 6.17. The average Bonchev–Trinajstić information content (AvgIpc) is 3.43. The van der Waals surface area contributed by atoms with Crippen LogP contribution in [0.4, 0.5) is 31.1 Å². The molecule has 3 unspecified atom stereocenters. The third kappa shape index (κ3) is 5.40. The highest BCUT2D eigenvalue weighted by atomic mass is 19.4. The minimum Gasteiger partial charge on any atom is -0.372 e. The average molecular weight is 501 g/mol. The number of rotatable bonds is 6. The Morgan fingerprint density at radius 3 is 2.23 bits per heavy atom. The minimum absolute atomic E-state index is 0.0122. The molecule has 0 radical (unpaired) electrons. The fraction of sp³-hybridized carbons (Fsp3) is 0.458. The topological polar surface area (TPSA) is 53.6 Å². The van der Waals surface area contributed by atoms with Crippen LogP contribution < -0.4 is 10.6 Å². The highest BCUT2D eigenvalue weighted by Crippen LogP contribution is 2.39. The maximum absolute atomic E-state index is 13.3. The second-order valence-corrected chi connectivity index (χ2v) is 8.90. The summed E-state index contributed by atoms with van der Waals surface area (Å²) in [4.78, 5) is 13.9. The molecule has 2 heterocycles. The lowest BCUT2D eigenvalue weighted by atomic mass is 9.87. The Labute approximate surface area is 198 Å². The Kier molecular flexibility index (Phi) is 6.76. The Morgan fingerprint density at radius 2 is 1.69 bits per heavy atom. The smallest absolute Gasteiger partial charge is 0.372 e. The van der Waals surface area contributed by atoms with Gasteiger partial charge in [0.1, 0.15) is 0 Å². The molecule has 0 spiro atoms. The van der Waals surface area contributed by atoms with E-state index in [1.807, 2.05) is 30.3 Å². The van der Waals surface area contributed by atoms with Crippen molar-refractivity contribution in [1.29, 1.82) is 0 Å². The van der Waals surface area contributed by atoms with Gasteiger partial charge in [0.25, 0.3) is 0 Å². The quantitative estimate of drug-likeness (QED) is 0.543. The molecule has 2 aromatic carbocycles. The third-order valence-corrected chi connectivity index (χ3v) is 6.58. The Balaban J connectivity index is 1.59. The molecule has 2 fully saturated rings. The molecular weight excluding hydrogens is 476 g/mol. The first-order valence-electron chi connectivity index (χ1n) is 11.1. The molecule has 3 atom stereocenters. The second-order valence-electron chi connectivity index (χ2n) is 8.90. The molecule has 2 amide bonds. The van der Waals surface area contributed by atoms with Crippen molar-refractivity contribution in [2.45, 2.75) is 43.4 Å². The van der Waals surface area contributed by atoms with Gasteiger partial charge in [-0.1, -0.05) is 30.3 Å². The summed E-state index contributed by atoms with van der Waals surface area (Å²) >= 11 is 0. The lowest BCUT2D eigenvalue weighted by Crippen LogP contribution is -2.41. The lowest BCUT2D eigenvalue weighted by Gasteiger charge is -2.32. The number of nitrogens with zero attached hydrogens (tertiary/aromatic N) is 1. The van der Waals surface area contributed by atoms with Gasteiger partial charge in [-0.05, 0) is 42.7 Å². The number of carbonyl (C=O) groups is 1. The molecule has 11 heteroatoms. The van der Waals surface area contributed by atoms with Crippen molar-refractivity contribution >= 4 is 6.03 Å². The number of hydrogen-bond donors (Lipinski definition) is 2. The molecule has 190 valence electrons. The maximum atomic E-state index is 13.3. The molecule has 0 aromatic heterocycles. The van der Waals surface area contributed by atoms with Crippen LogP contribution in [0, 0.1) is 0 Å². The monoisotopic (exact) mass is 501 g/mol. The van der Waals surface area contributed by atoms with Gasteiger partial charge in [-0.3, -0.25) is 0 Å². The number of nitrogens with one attached hydrogen (secondary N) is 2. The molecule has 2 aliphatic rings. The molecule has 2 aromatic rings. The first-order valence-corrected chi connectivity index (χ1v) is 11.1. The van der Waals surface area contributed by atoms with Crippen LogP contribution in [0.2, 0.25) is 0 Å². The number of halogens is 6. The molecule has 5 nitrogen and oxygen atoms in total. The van der Waals surface area contributed by atoms with Crippen molar-refractivity contribution in [2.75, 3.05) is 26.2 Å². The van der Waals surface area contributed by atoms with E-state index >= 15 is 0 Å². The lowest BCUT2D eigenvalue weighted by molar-refractivity contribution is -0.143. The molecule has 2 saturated heterocycles. The van der Waals surface area contributed by atoms with E-state index in [0.717, 1.165) is 5.56 Å². The molecule has 2 N–H and O–H groups in total. The molecule has 0 bridgehead atoms. The fourth-order valence-corrected chi connectivity index (χ4v) is 4.66. The standard InChI is InChI=1S/C24H25F6N3O2/c1-15(16-9-18(23(25,26)27)11-19(10-16)24(28,29)30)35-14-22(17-5-3-2-4-6-17)12-20(13-32-22)33-8-7-31-21(33)34/h2-6,9-11,15,20,32H,7-8,12-14H2,1H3,(H,31,34). The van der Waals surface area contributed by atoms with Crippen molar-refractivity contribution in [2.24, 2.45) is 0 Å². The van der Waals surface area contributed by atoms with E-state index in [1.165, 1.54) is 6.92 Å². The van der Waals surface area contributed by atoms with Crippen LogP contribution in [0.25, 0.3) is 0 Å². The zero-order valence-electron chi connectivity index (χ0n) is 18.8. The molecule has 35 heavy (non-hydrogen) atoms. The highest BCUT2D eigenvalue weighted by molar-refractivity contribution is 5.76. The number of hydrogen-bond acceptors (Lipinski definition) is 3. The summed E-state index contributed by atoms with van der Waals surface area (Å²) in [6.45, 7) is 2.98. The van der Waals surface area contributed by atoms with Crippen molar-refractivity contribution in [3.8, 4) is 0 Å². The number of urea groups is 1. The van der Waals surface area contributed by atoms with Gasteiger partial charge in [0.2, 0.25) is 0 Å². The summed E-state index contributed by atoms with van der Waals surface area (Å²) in [5.41, 5.74) is -2.89. The minimum atomic E-state index is -4.93. The van der Waals surface area contributed by atoms with Gasteiger partial charge in [-0.2, -0.15) is 26.3 Å². The number of alkyl halides is 6. The molecule has 2 aliphatic heterocycles. The summed E-state index contributed by atoms with van der Waals surface area (Å²) in [7, 11) is 0. The van der Waals surface area contributed by atoms with Crippen molar-refractivity contribution < 1.29 is 35.9 Å². The molecule has 4 rings (SSSR count). The first kappa shape index (κ1) is 25.3. The summed E-state index contributed by atoms with van der Waals surface area (Å²) < 4.78 is 85.6. The van der Waals surface area contributed by atoms with E-state index in [2.05, 4.69) is 10.6 Å². The molecular formula is C24H25F6N3O2. The van der Waals surface area contributed by atoms with E-state index in [4.69, 9.17) is 4.74 Å². The normalized spacial score (nSPS) is 24.0. The predicted molar refractivity (Wildman–Crippen MR) is 115 cm³/mol. The highest BCUT2D eigenvalue weighted by Gasteiger charge is 2.45. The SMILES string of the molecule is CC(OCC1(c2ccccc2)CC(N2CCNC2=O)CN1)c1cc(C(F)(F)F)cc(C(F)(F)F)c1. The largest absolute Gasteiger partial charge is 0.416 e. The van der Waals surface area contributed by atoms with Crippen LogP contribution in [0.5, 0.6) is 0 Å². The Bertz CT molecular complexity index is 1030. The Morgan fingerprint density at radius 1 is 1.06 bits per heavy atom. The van der Waals surface area contributed by atoms with Gasteiger partial charge in [0.05, 0.1) is 29.4 Å². The first-order chi connectivity index (χ1) is 16.4. The fourth-order valence-electron chi connectivity index (χ4n) is 4.66. The van der Waals surface area contributed by atoms with Crippen LogP contribution in [-0.2, 0) is 22.6 Å². The van der Waals surface area contributed by atoms with Gasteiger partial charge in [0, 0.05) is 25.7 Å². The maximum Gasteiger partial charge on any atom is 0.416 e. The van der Waals surface area contributed by atoms with Crippen LogP contribution in [0.15, 0.2) is 48.5 Å². The number of ether oxygens (including phenoxy) is 1. The van der Waals surface area contributed by atoms with Gasteiger partial charge < -0.3 is 20.3 Å². The van der Waals surface area contributed by atoms with E-state index in [1.54, 1.807) is 4.90 Å². The number of carbonyl (C=O) groups excluding carboxylic acids is 1. The number of benzene rings is 2. The Hall–Kier alpha value is -2.79. The summed E-state index contributed by atoms with van der Waals surface area (Å²) in [6, 6.07) is 10.4. The summed E-state index contributed by atoms with van der Waals surface area (Å²) in [6.07, 6.45) is -10.4. The van der Waals surface area contributed by atoms with Crippen molar-refractivity contribution in [3.05, 3.63) is 70.8 Å². The second kappa shape index (κ2) is 9.34.